The third kappa shape index (κ3) is 5.21. The minimum absolute atomic E-state index is 0.594. The number of unbranched alkanes of at least 4 members (excludes halogenated alkanes) is 2. The molecule has 1 N–H and O–H groups in total. The predicted octanol–water partition coefficient (Wildman–Crippen LogP) is 6.72. The molecule has 0 aliphatic rings. The number of hydrogen-bond donors (Lipinski definition) is 1. The van der Waals surface area contributed by atoms with Gasteiger partial charge in [0.25, 0.3) is 0 Å². The largest absolute Gasteiger partial charge is 0.387 e. The lowest BCUT2D eigenvalue weighted by molar-refractivity contribution is 0.0385. The smallest absolute Gasteiger partial charge is 0.0892 e. The van der Waals surface area contributed by atoms with Crippen molar-refractivity contribution >= 4 is 10.8 Å². The maximum atomic E-state index is 13.5. The summed E-state index contributed by atoms with van der Waals surface area (Å²) < 4.78 is 13.5. The van der Waals surface area contributed by atoms with Crippen LogP contribution in [0.15, 0.2) is 71.0 Å². The highest BCUT2D eigenvalue weighted by atomic mass is 32.2. The summed E-state index contributed by atoms with van der Waals surface area (Å²) in [5, 5.41) is 11.5. The molecule has 0 heterocycles. The van der Waals surface area contributed by atoms with E-state index in [9.17, 15) is 9.32 Å². The number of hydrogen-bond acceptors (Lipinski definition) is 2. The molecule has 0 aliphatic carbocycles. The maximum Gasteiger partial charge on any atom is 0.0892 e. The minimum Gasteiger partial charge on any atom is -0.387 e. The molecule has 152 valence electrons. The van der Waals surface area contributed by atoms with Gasteiger partial charge in [-0.15, -0.1) is 0 Å². The van der Waals surface area contributed by atoms with Crippen LogP contribution in [0.2, 0.25) is 0 Å². The molecule has 2 atom stereocenters. The Balaban J connectivity index is 2.48. The highest BCUT2D eigenvalue weighted by molar-refractivity contribution is 7.89. The molecule has 0 saturated carbocycles. The van der Waals surface area contributed by atoms with Crippen molar-refractivity contribution in [1.29, 1.82) is 0 Å². The molecule has 28 heavy (non-hydrogen) atoms. The summed E-state index contributed by atoms with van der Waals surface area (Å²) in [6.07, 6.45) is 4.86. The van der Waals surface area contributed by atoms with E-state index < -0.39 is 22.3 Å². The Labute approximate surface area is 173 Å². The molecule has 2 rings (SSSR count). The van der Waals surface area contributed by atoms with Crippen LogP contribution in [0.1, 0.15) is 69.6 Å². The van der Waals surface area contributed by atoms with E-state index in [4.69, 9.17) is 0 Å². The van der Waals surface area contributed by atoms with E-state index in [2.05, 4.69) is 20.4 Å². The fourth-order valence-corrected chi connectivity index (χ4v) is 5.11. The molecule has 0 aliphatic heterocycles. The predicted molar refractivity (Wildman–Crippen MR) is 120 cm³/mol. The van der Waals surface area contributed by atoms with Gasteiger partial charge in [0.15, 0.2) is 0 Å². The first-order valence-corrected chi connectivity index (χ1v) is 11.5. The van der Waals surface area contributed by atoms with E-state index in [1.807, 2.05) is 61.5 Å². The fourth-order valence-electron chi connectivity index (χ4n) is 3.76. The SMILES string of the molecule is C=C([S@@](=O)c1ccc(C)cc1)C(CCCC)(CCCC)[C@H](O)c1ccccc1. The molecule has 3 heteroatoms. The lowest BCUT2D eigenvalue weighted by atomic mass is 9.71. The summed E-state index contributed by atoms with van der Waals surface area (Å²) in [5.41, 5.74) is 1.42. The summed E-state index contributed by atoms with van der Waals surface area (Å²) in [7, 11) is -1.36. The van der Waals surface area contributed by atoms with E-state index in [0.717, 1.165) is 54.5 Å². The van der Waals surface area contributed by atoms with Crippen molar-refractivity contribution < 1.29 is 9.32 Å². The molecule has 0 saturated heterocycles. The first-order valence-electron chi connectivity index (χ1n) is 10.4. The van der Waals surface area contributed by atoms with Gasteiger partial charge in [-0.2, -0.15) is 0 Å². The maximum absolute atomic E-state index is 13.5. The van der Waals surface area contributed by atoms with Gasteiger partial charge in [-0.25, -0.2) is 4.21 Å². The number of rotatable bonds is 11. The standard InChI is InChI=1S/C25H34O2S/c1-5-7-18-25(19-8-6-2,24(26)22-12-10-9-11-13-22)21(4)28(27)23-16-14-20(3)15-17-23/h9-17,24,26H,4-8,18-19H2,1-3H3/t24-,28-/m1/s1. The van der Waals surface area contributed by atoms with E-state index >= 15 is 0 Å². The van der Waals surface area contributed by atoms with Crippen LogP contribution in [-0.2, 0) is 10.8 Å². The van der Waals surface area contributed by atoms with E-state index in [-0.39, 0.29) is 0 Å². The molecule has 0 fully saturated rings. The van der Waals surface area contributed by atoms with Gasteiger partial charge in [0.05, 0.1) is 16.9 Å². The van der Waals surface area contributed by atoms with E-state index in [1.54, 1.807) is 0 Å². The first kappa shape index (κ1) is 22.6. The van der Waals surface area contributed by atoms with E-state index in [0.29, 0.717) is 4.91 Å². The average molecular weight is 399 g/mol. The highest BCUT2D eigenvalue weighted by Gasteiger charge is 2.42. The van der Waals surface area contributed by atoms with Crippen molar-refractivity contribution in [2.24, 2.45) is 5.41 Å². The van der Waals surface area contributed by atoms with Crippen LogP contribution in [-0.4, -0.2) is 9.32 Å². The van der Waals surface area contributed by atoms with Gasteiger partial charge in [0.1, 0.15) is 0 Å². The van der Waals surface area contributed by atoms with Crippen molar-refractivity contribution in [2.45, 2.75) is 70.3 Å². The Hall–Kier alpha value is -1.71. The van der Waals surface area contributed by atoms with Crippen LogP contribution in [0.25, 0.3) is 0 Å². The zero-order valence-corrected chi connectivity index (χ0v) is 18.3. The monoisotopic (exact) mass is 398 g/mol. The number of aliphatic hydroxyl groups excluding tert-OH is 1. The van der Waals surface area contributed by atoms with Gasteiger partial charge in [-0.05, 0) is 37.5 Å². The molecule has 2 aromatic rings. The van der Waals surface area contributed by atoms with Crippen LogP contribution in [0.5, 0.6) is 0 Å². The van der Waals surface area contributed by atoms with Gasteiger partial charge < -0.3 is 5.11 Å². The topological polar surface area (TPSA) is 37.3 Å². The Morgan fingerprint density at radius 1 is 1.00 bits per heavy atom. The second-order valence-electron chi connectivity index (χ2n) is 7.68. The molecule has 0 bridgehead atoms. The van der Waals surface area contributed by atoms with Crippen LogP contribution < -0.4 is 0 Å². The Morgan fingerprint density at radius 3 is 2.04 bits per heavy atom. The van der Waals surface area contributed by atoms with Crippen molar-refractivity contribution in [1.82, 2.24) is 0 Å². The molecule has 0 unspecified atom stereocenters. The fraction of sp³-hybridized carbons (Fsp3) is 0.440. The normalized spacial score (nSPS) is 13.9. The van der Waals surface area contributed by atoms with Crippen molar-refractivity contribution in [2.75, 3.05) is 0 Å². The average Bonchev–Trinajstić information content (AvgIpc) is 2.74. The second-order valence-corrected chi connectivity index (χ2v) is 9.18. The van der Waals surface area contributed by atoms with Gasteiger partial charge in [-0.3, -0.25) is 0 Å². The molecule has 0 radical (unpaired) electrons. The van der Waals surface area contributed by atoms with Gasteiger partial charge in [0.2, 0.25) is 0 Å². The Kier molecular flexibility index (Phi) is 8.65. The van der Waals surface area contributed by atoms with Crippen LogP contribution in [0, 0.1) is 12.3 Å². The third-order valence-corrected chi connectivity index (χ3v) is 7.16. The van der Waals surface area contributed by atoms with E-state index in [1.165, 1.54) is 0 Å². The minimum atomic E-state index is -1.36. The number of benzene rings is 2. The van der Waals surface area contributed by atoms with Crippen molar-refractivity contribution in [3.8, 4) is 0 Å². The van der Waals surface area contributed by atoms with Crippen LogP contribution in [0.3, 0.4) is 0 Å². The highest BCUT2D eigenvalue weighted by Crippen LogP contribution is 2.50. The van der Waals surface area contributed by atoms with Crippen molar-refractivity contribution in [3.63, 3.8) is 0 Å². The molecule has 2 nitrogen and oxygen atoms in total. The molecule has 2 aromatic carbocycles. The van der Waals surface area contributed by atoms with Crippen molar-refractivity contribution in [3.05, 3.63) is 77.2 Å². The molecule has 0 aromatic heterocycles. The summed E-state index contributed by atoms with van der Waals surface area (Å²) in [4.78, 5) is 1.41. The number of aliphatic hydroxyl groups is 1. The molecular weight excluding hydrogens is 364 g/mol. The summed E-state index contributed by atoms with van der Waals surface area (Å²) in [6.45, 7) is 10.6. The van der Waals surface area contributed by atoms with Gasteiger partial charge >= 0.3 is 0 Å². The molecule has 0 spiro atoms. The second kappa shape index (κ2) is 10.7. The van der Waals surface area contributed by atoms with Crippen LogP contribution >= 0.6 is 0 Å². The van der Waals surface area contributed by atoms with Crippen LogP contribution in [0.4, 0.5) is 0 Å². The quantitative estimate of drug-likeness (QED) is 0.456. The number of aryl methyl sites for hydroxylation is 1. The summed E-state index contributed by atoms with van der Waals surface area (Å²) in [6, 6.07) is 17.5. The van der Waals surface area contributed by atoms with Gasteiger partial charge in [0, 0.05) is 15.2 Å². The Morgan fingerprint density at radius 2 is 1.54 bits per heavy atom. The lowest BCUT2D eigenvalue weighted by Gasteiger charge is -2.40. The lowest BCUT2D eigenvalue weighted by Crippen LogP contribution is -2.33. The first-order chi connectivity index (χ1) is 13.5. The molecular formula is C25H34O2S. The summed E-state index contributed by atoms with van der Waals surface area (Å²) >= 11 is 0. The zero-order valence-electron chi connectivity index (χ0n) is 17.5. The Bertz CT molecular complexity index is 757. The zero-order chi connectivity index (χ0) is 20.6. The van der Waals surface area contributed by atoms with Gasteiger partial charge in [-0.1, -0.05) is 94.1 Å². The third-order valence-electron chi connectivity index (χ3n) is 5.61. The molecule has 0 amide bonds. The summed E-state index contributed by atoms with van der Waals surface area (Å²) in [5.74, 6) is 0.